The summed E-state index contributed by atoms with van der Waals surface area (Å²) in [6, 6.07) is 5.02. The van der Waals surface area contributed by atoms with Gasteiger partial charge in [-0.1, -0.05) is 12.1 Å². The van der Waals surface area contributed by atoms with Crippen LogP contribution < -0.4 is 0 Å². The number of aromatic nitrogens is 2. The zero-order valence-corrected chi connectivity index (χ0v) is 13.1. The quantitative estimate of drug-likeness (QED) is 0.609. The highest BCUT2D eigenvalue weighted by molar-refractivity contribution is 6.22. The van der Waals surface area contributed by atoms with Gasteiger partial charge < -0.3 is 4.74 Å². The van der Waals surface area contributed by atoms with Crippen molar-refractivity contribution in [2.75, 3.05) is 0 Å². The van der Waals surface area contributed by atoms with E-state index in [1.807, 2.05) is 0 Å². The van der Waals surface area contributed by atoms with Crippen LogP contribution in [-0.2, 0) is 16.1 Å². The van der Waals surface area contributed by atoms with Crippen molar-refractivity contribution >= 4 is 17.8 Å². The van der Waals surface area contributed by atoms with Crippen LogP contribution >= 0.6 is 0 Å². The first-order valence-corrected chi connectivity index (χ1v) is 7.35. The number of hydrogen-bond donors (Lipinski definition) is 0. The predicted molar refractivity (Wildman–Crippen MR) is 79.7 cm³/mol. The molecular weight excluding hydrogens is 336 g/mol. The number of rotatable bonds is 5. The lowest BCUT2D eigenvalue weighted by Gasteiger charge is -2.20. The fourth-order valence-electron chi connectivity index (χ4n) is 2.55. The van der Waals surface area contributed by atoms with Crippen LogP contribution in [0.4, 0.5) is 8.78 Å². The molecule has 1 aromatic heterocycles. The number of nitrogens with zero attached hydrogens (tertiary/aromatic N) is 3. The van der Waals surface area contributed by atoms with Gasteiger partial charge in [-0.15, -0.1) is 0 Å². The van der Waals surface area contributed by atoms with E-state index in [4.69, 9.17) is 4.74 Å². The second-order valence-electron chi connectivity index (χ2n) is 5.34. The number of carbonyl (C=O) groups excluding carboxylic acids is 3. The molecule has 130 valence electrons. The average Bonchev–Trinajstić information content (AvgIpc) is 3.16. The molecule has 0 saturated heterocycles. The summed E-state index contributed by atoms with van der Waals surface area (Å²) in [6.45, 7) is -1.97. The highest BCUT2D eigenvalue weighted by Crippen LogP contribution is 2.25. The molecule has 2 aromatic rings. The molecule has 0 N–H and O–H groups in total. The van der Waals surface area contributed by atoms with Gasteiger partial charge in [0.05, 0.1) is 11.1 Å². The van der Waals surface area contributed by atoms with Crippen molar-refractivity contribution in [2.45, 2.75) is 26.1 Å². The lowest BCUT2D eigenvalue weighted by Crippen LogP contribution is -2.43. The number of benzene rings is 1. The molecular formula is C16H13F2N3O4. The molecule has 1 aliphatic rings. The Bertz CT molecular complexity index is 814. The third-order valence-electron chi connectivity index (χ3n) is 3.86. The summed E-state index contributed by atoms with van der Waals surface area (Å²) in [5.74, 6) is -2.23. The second kappa shape index (κ2) is 6.42. The Hall–Kier alpha value is -3.10. The van der Waals surface area contributed by atoms with Gasteiger partial charge in [-0.3, -0.25) is 19.1 Å². The highest BCUT2D eigenvalue weighted by atomic mass is 19.3. The van der Waals surface area contributed by atoms with Crippen LogP contribution in [0.3, 0.4) is 0 Å². The maximum atomic E-state index is 12.7. The van der Waals surface area contributed by atoms with E-state index in [1.54, 1.807) is 12.1 Å². The molecule has 0 aliphatic carbocycles. The van der Waals surface area contributed by atoms with Crippen LogP contribution in [0.1, 0.15) is 40.0 Å². The molecule has 1 aromatic carbocycles. The maximum absolute atomic E-state index is 12.7. The smallest absolute Gasteiger partial charge is 0.329 e. The minimum absolute atomic E-state index is 0.141. The fourth-order valence-corrected chi connectivity index (χ4v) is 2.55. The van der Waals surface area contributed by atoms with Gasteiger partial charge in [-0.05, 0) is 19.1 Å². The zero-order chi connectivity index (χ0) is 18.1. The van der Waals surface area contributed by atoms with E-state index in [1.165, 1.54) is 19.1 Å². The van der Waals surface area contributed by atoms with Crippen molar-refractivity contribution in [1.82, 2.24) is 14.5 Å². The van der Waals surface area contributed by atoms with Crippen LogP contribution in [0.5, 0.6) is 0 Å². The first-order chi connectivity index (χ1) is 11.9. The van der Waals surface area contributed by atoms with E-state index < -0.39 is 37.0 Å². The number of imide groups is 1. The number of carbonyl (C=O) groups is 3. The van der Waals surface area contributed by atoms with Gasteiger partial charge in [-0.25, -0.2) is 9.78 Å². The van der Waals surface area contributed by atoms with Crippen molar-refractivity contribution in [2.24, 2.45) is 0 Å². The highest BCUT2D eigenvalue weighted by Gasteiger charge is 2.41. The summed E-state index contributed by atoms with van der Waals surface area (Å²) in [7, 11) is 0. The Morgan fingerprint density at radius 3 is 2.36 bits per heavy atom. The summed E-state index contributed by atoms with van der Waals surface area (Å²) in [5, 5.41) is 0. The first-order valence-electron chi connectivity index (χ1n) is 7.35. The normalized spacial score (nSPS) is 14.8. The number of fused-ring (bicyclic) bond motifs is 1. The third kappa shape index (κ3) is 2.88. The minimum atomic E-state index is -2.81. The Morgan fingerprint density at radius 1 is 1.20 bits per heavy atom. The molecule has 0 spiro atoms. The van der Waals surface area contributed by atoms with E-state index >= 15 is 0 Å². The summed E-state index contributed by atoms with van der Waals surface area (Å²) in [4.78, 5) is 41.3. The number of halogens is 2. The molecule has 1 unspecified atom stereocenters. The van der Waals surface area contributed by atoms with Crippen molar-refractivity contribution < 1.29 is 27.9 Å². The standard InChI is InChI=1S/C16H13F2N3O4/c1-9(15(24)25-8-12-19-6-7-20(12)16(17)18)21-13(22)10-4-2-3-5-11(10)14(21)23/h2-7,9,16H,8H2,1H3. The molecule has 0 fully saturated rings. The molecule has 25 heavy (non-hydrogen) atoms. The Morgan fingerprint density at radius 2 is 1.80 bits per heavy atom. The van der Waals surface area contributed by atoms with E-state index in [0.29, 0.717) is 4.57 Å². The van der Waals surface area contributed by atoms with Crippen LogP contribution in [-0.4, -0.2) is 38.3 Å². The van der Waals surface area contributed by atoms with Gasteiger partial charge in [0.25, 0.3) is 11.8 Å². The SMILES string of the molecule is CC(C(=O)OCc1nccn1C(F)F)N1C(=O)c2ccccc2C1=O. The van der Waals surface area contributed by atoms with Crippen LogP contribution in [0.25, 0.3) is 0 Å². The van der Waals surface area contributed by atoms with Gasteiger partial charge in [0, 0.05) is 12.4 Å². The van der Waals surface area contributed by atoms with Crippen LogP contribution in [0.2, 0.25) is 0 Å². The topological polar surface area (TPSA) is 81.5 Å². The molecule has 1 atom stereocenters. The number of ether oxygens (including phenoxy) is 1. The number of hydrogen-bond acceptors (Lipinski definition) is 5. The van der Waals surface area contributed by atoms with Gasteiger partial charge in [0.2, 0.25) is 0 Å². The van der Waals surface area contributed by atoms with Crippen molar-refractivity contribution in [3.8, 4) is 0 Å². The molecule has 0 bridgehead atoms. The van der Waals surface area contributed by atoms with E-state index in [9.17, 15) is 23.2 Å². The minimum Gasteiger partial charge on any atom is -0.456 e. The zero-order valence-electron chi connectivity index (χ0n) is 13.1. The third-order valence-corrected chi connectivity index (χ3v) is 3.86. The van der Waals surface area contributed by atoms with Gasteiger partial charge in [-0.2, -0.15) is 8.78 Å². The summed E-state index contributed by atoms with van der Waals surface area (Å²) in [5.41, 5.74) is 0.417. The number of alkyl halides is 2. The van der Waals surface area contributed by atoms with Crippen molar-refractivity contribution in [3.63, 3.8) is 0 Å². The molecule has 0 radical (unpaired) electrons. The van der Waals surface area contributed by atoms with E-state index in [2.05, 4.69) is 4.98 Å². The van der Waals surface area contributed by atoms with E-state index in [0.717, 1.165) is 17.3 Å². The van der Waals surface area contributed by atoms with Crippen LogP contribution in [0.15, 0.2) is 36.7 Å². The van der Waals surface area contributed by atoms with Crippen molar-refractivity contribution in [1.29, 1.82) is 0 Å². The number of imidazole rings is 1. The van der Waals surface area contributed by atoms with Crippen molar-refractivity contribution in [3.05, 3.63) is 53.6 Å². The Balaban J connectivity index is 1.70. The molecule has 2 heterocycles. The number of amides is 2. The summed E-state index contributed by atoms with van der Waals surface area (Å²) in [6.07, 6.45) is 2.21. The Kier molecular flexibility index (Phi) is 4.30. The predicted octanol–water partition coefficient (Wildman–Crippen LogP) is 2.01. The average molecular weight is 349 g/mol. The number of esters is 1. The lowest BCUT2D eigenvalue weighted by atomic mass is 10.1. The first kappa shape index (κ1) is 16.7. The second-order valence-corrected chi connectivity index (χ2v) is 5.34. The molecule has 9 heteroatoms. The molecule has 0 saturated carbocycles. The summed E-state index contributed by atoms with van der Waals surface area (Å²) >= 11 is 0. The van der Waals surface area contributed by atoms with Crippen LogP contribution in [0, 0.1) is 0 Å². The fraction of sp³-hybridized carbons (Fsp3) is 0.250. The summed E-state index contributed by atoms with van der Waals surface area (Å²) < 4.78 is 31.0. The van der Waals surface area contributed by atoms with Gasteiger partial charge >= 0.3 is 12.5 Å². The van der Waals surface area contributed by atoms with E-state index in [-0.39, 0.29) is 17.0 Å². The molecule has 3 rings (SSSR count). The lowest BCUT2D eigenvalue weighted by molar-refractivity contribution is -0.149. The molecule has 2 amide bonds. The van der Waals surface area contributed by atoms with Gasteiger partial charge in [0.1, 0.15) is 12.6 Å². The largest absolute Gasteiger partial charge is 0.456 e. The maximum Gasteiger partial charge on any atom is 0.329 e. The van der Waals surface area contributed by atoms with Gasteiger partial charge in [0.15, 0.2) is 5.82 Å². The molecule has 1 aliphatic heterocycles. The Labute approximate surface area is 140 Å². The monoisotopic (exact) mass is 349 g/mol. The molecule has 7 nitrogen and oxygen atoms in total.